The number of aryl methyl sites for hydroxylation is 1. The second kappa shape index (κ2) is 8.07. The zero-order valence-electron chi connectivity index (χ0n) is 12.8. The van der Waals surface area contributed by atoms with Gasteiger partial charge in [0.25, 0.3) is 0 Å². The van der Waals surface area contributed by atoms with Crippen LogP contribution in [0.1, 0.15) is 19.4 Å². The second-order valence-corrected chi connectivity index (χ2v) is 6.49. The van der Waals surface area contributed by atoms with Crippen molar-refractivity contribution in [1.82, 2.24) is 4.90 Å². The van der Waals surface area contributed by atoms with Gasteiger partial charge in [-0.05, 0) is 32.6 Å². The van der Waals surface area contributed by atoms with Crippen LogP contribution in [0.3, 0.4) is 0 Å². The van der Waals surface area contributed by atoms with Gasteiger partial charge in [0, 0.05) is 24.4 Å². The van der Waals surface area contributed by atoms with E-state index in [4.69, 9.17) is 0 Å². The van der Waals surface area contributed by atoms with E-state index < -0.39 is 0 Å². The first-order valence-electron chi connectivity index (χ1n) is 6.61. The average molecular weight is 293 g/mol. The Bertz CT molecular complexity index is 486. The van der Waals surface area contributed by atoms with Crippen molar-refractivity contribution in [3.8, 4) is 0 Å². The third kappa shape index (κ3) is 6.21. The van der Waals surface area contributed by atoms with Gasteiger partial charge in [-0.15, -0.1) is 0 Å². The molecule has 5 heteroatoms. The summed E-state index contributed by atoms with van der Waals surface area (Å²) in [5.74, 6) is -0.189. The lowest BCUT2D eigenvalue weighted by molar-refractivity contribution is -0.115. The zero-order chi connectivity index (χ0) is 15.1. The molecule has 0 aliphatic heterocycles. The van der Waals surface area contributed by atoms with Crippen LogP contribution in [-0.4, -0.2) is 41.9 Å². The molecule has 1 unspecified atom stereocenters. The van der Waals surface area contributed by atoms with E-state index in [2.05, 4.69) is 22.1 Å². The molecule has 4 nitrogen and oxygen atoms in total. The molecule has 0 heterocycles. The molecule has 0 radical (unpaired) electrons. The highest BCUT2D eigenvalue weighted by Gasteiger charge is 2.11. The minimum Gasteiger partial charge on any atom is -0.334 e. The van der Waals surface area contributed by atoms with Gasteiger partial charge in [0.05, 0.1) is 0 Å². The van der Waals surface area contributed by atoms with E-state index in [1.807, 2.05) is 45.3 Å². The number of thioether (sulfide) groups is 1. The van der Waals surface area contributed by atoms with E-state index >= 15 is 0 Å². The van der Waals surface area contributed by atoms with Crippen molar-refractivity contribution in [2.45, 2.75) is 26.0 Å². The Morgan fingerprint density at radius 3 is 2.60 bits per heavy atom. The molecular formula is C15H23N3OS. The predicted octanol–water partition coefficient (Wildman–Crippen LogP) is 2.99. The van der Waals surface area contributed by atoms with Crippen molar-refractivity contribution in [3.63, 3.8) is 0 Å². The summed E-state index contributed by atoms with van der Waals surface area (Å²) in [6, 6.07) is 7.97. The number of nitrogens with zero attached hydrogens (tertiary/aromatic N) is 2. The first-order chi connectivity index (χ1) is 9.38. The van der Waals surface area contributed by atoms with Crippen LogP contribution >= 0.6 is 11.8 Å². The van der Waals surface area contributed by atoms with Crippen molar-refractivity contribution >= 4 is 28.5 Å². The number of benzene rings is 1. The third-order valence-electron chi connectivity index (χ3n) is 2.58. The minimum atomic E-state index is -0.189. The van der Waals surface area contributed by atoms with E-state index in [-0.39, 0.29) is 5.91 Å². The highest BCUT2D eigenvalue weighted by molar-refractivity contribution is 8.14. The van der Waals surface area contributed by atoms with Crippen molar-refractivity contribution in [2.75, 3.05) is 26.0 Å². The van der Waals surface area contributed by atoms with Crippen molar-refractivity contribution in [3.05, 3.63) is 29.8 Å². The number of rotatable bonds is 4. The van der Waals surface area contributed by atoms with Gasteiger partial charge in [-0.3, -0.25) is 4.79 Å². The molecular weight excluding hydrogens is 270 g/mol. The number of carbonyl (C=O) groups is 1. The van der Waals surface area contributed by atoms with Gasteiger partial charge in [-0.2, -0.15) is 4.99 Å². The highest BCUT2D eigenvalue weighted by atomic mass is 32.2. The summed E-state index contributed by atoms with van der Waals surface area (Å²) >= 11 is 1.58. The Morgan fingerprint density at radius 1 is 1.40 bits per heavy atom. The molecule has 1 aromatic carbocycles. The van der Waals surface area contributed by atoms with E-state index in [0.717, 1.165) is 17.8 Å². The van der Waals surface area contributed by atoms with Crippen molar-refractivity contribution in [1.29, 1.82) is 0 Å². The molecule has 1 rings (SSSR count). The lowest BCUT2D eigenvalue weighted by Gasteiger charge is -2.18. The Balaban J connectivity index is 2.81. The van der Waals surface area contributed by atoms with E-state index in [0.29, 0.717) is 10.4 Å². The quantitative estimate of drug-likeness (QED) is 0.685. The molecule has 0 fully saturated rings. The topological polar surface area (TPSA) is 44.7 Å². The van der Waals surface area contributed by atoms with Crippen molar-refractivity contribution < 1.29 is 4.79 Å². The fraction of sp³-hybridized carbons (Fsp3) is 0.467. The molecule has 0 aromatic heterocycles. The first kappa shape index (κ1) is 16.7. The number of nitrogens with one attached hydrogen (secondary N) is 1. The van der Waals surface area contributed by atoms with Gasteiger partial charge < -0.3 is 10.2 Å². The molecule has 0 saturated carbocycles. The number of amidine groups is 1. The summed E-state index contributed by atoms with van der Waals surface area (Å²) in [5, 5.41) is 4.26. The lowest BCUT2D eigenvalue weighted by Crippen LogP contribution is -2.24. The maximum atomic E-state index is 11.3. The fourth-order valence-corrected chi connectivity index (χ4v) is 2.90. The van der Waals surface area contributed by atoms with Crippen LogP contribution < -0.4 is 5.32 Å². The Labute approximate surface area is 125 Å². The average Bonchev–Trinajstić information content (AvgIpc) is 2.29. The maximum Gasteiger partial charge on any atom is 0.244 e. The largest absolute Gasteiger partial charge is 0.334 e. The highest BCUT2D eigenvalue weighted by Crippen LogP contribution is 2.19. The number of hydrogen-bond acceptors (Lipinski definition) is 3. The molecule has 0 bridgehead atoms. The Hall–Kier alpha value is -1.33. The van der Waals surface area contributed by atoms with Gasteiger partial charge in [-0.25, -0.2) is 0 Å². The van der Waals surface area contributed by atoms with Gasteiger partial charge in [-0.1, -0.05) is 36.9 Å². The predicted molar refractivity (Wildman–Crippen MR) is 88.5 cm³/mol. The number of anilines is 1. The number of amides is 1. The third-order valence-corrected chi connectivity index (χ3v) is 3.55. The van der Waals surface area contributed by atoms with Crippen LogP contribution in [-0.2, 0) is 4.79 Å². The molecule has 1 aromatic rings. The molecule has 0 aliphatic rings. The normalized spacial score (nSPS) is 13.4. The van der Waals surface area contributed by atoms with Crippen LogP contribution in [0.5, 0.6) is 0 Å². The van der Waals surface area contributed by atoms with Gasteiger partial charge in [0.1, 0.15) is 0 Å². The monoisotopic (exact) mass is 293 g/mol. The van der Waals surface area contributed by atoms with Crippen LogP contribution in [0.25, 0.3) is 0 Å². The van der Waals surface area contributed by atoms with Gasteiger partial charge in [0.15, 0.2) is 5.17 Å². The van der Waals surface area contributed by atoms with Gasteiger partial charge in [0.2, 0.25) is 5.91 Å². The summed E-state index contributed by atoms with van der Waals surface area (Å²) in [6.45, 7) is 6.55. The lowest BCUT2D eigenvalue weighted by atomic mass is 10.2. The second-order valence-electron chi connectivity index (χ2n) is 5.07. The molecule has 110 valence electrons. The Morgan fingerprint density at radius 2 is 2.05 bits per heavy atom. The van der Waals surface area contributed by atoms with E-state index in [9.17, 15) is 4.79 Å². The number of aliphatic imine (C=N–C) groups is 1. The zero-order valence-corrected chi connectivity index (χ0v) is 13.6. The summed E-state index contributed by atoms with van der Waals surface area (Å²) < 4.78 is 0. The summed E-state index contributed by atoms with van der Waals surface area (Å²) in [7, 11) is 4.07. The molecule has 0 spiro atoms. The number of hydrogen-bond donors (Lipinski definition) is 1. The van der Waals surface area contributed by atoms with Crippen LogP contribution in [0.4, 0.5) is 5.69 Å². The van der Waals surface area contributed by atoms with Crippen molar-refractivity contribution in [2.24, 2.45) is 4.99 Å². The summed E-state index contributed by atoms with van der Waals surface area (Å²) in [6.07, 6.45) is 0. The summed E-state index contributed by atoms with van der Waals surface area (Å²) in [4.78, 5) is 17.5. The van der Waals surface area contributed by atoms with Crippen LogP contribution in [0.15, 0.2) is 29.3 Å². The fourth-order valence-electron chi connectivity index (χ4n) is 1.80. The molecule has 1 amide bonds. The molecule has 0 aliphatic carbocycles. The molecule has 20 heavy (non-hydrogen) atoms. The molecule has 0 saturated heterocycles. The minimum absolute atomic E-state index is 0.189. The van der Waals surface area contributed by atoms with E-state index in [1.165, 1.54) is 6.92 Å². The molecule has 1 atom stereocenters. The number of para-hydroxylation sites is 1. The molecule has 1 N–H and O–H groups in total. The van der Waals surface area contributed by atoms with Crippen LogP contribution in [0.2, 0.25) is 0 Å². The SMILES string of the molecule is CC(=O)/N=C(/Nc1ccccc1C)SC(C)CN(C)C. The van der Waals surface area contributed by atoms with E-state index in [1.54, 1.807) is 11.8 Å². The number of carbonyl (C=O) groups excluding carboxylic acids is 1. The standard InChI is InChI=1S/C15H23N3OS/c1-11-8-6-7-9-14(11)17-15(16-13(3)19)20-12(2)10-18(4)5/h6-9,12H,10H2,1-5H3,(H,16,17,19). The summed E-state index contributed by atoms with van der Waals surface area (Å²) in [5.41, 5.74) is 2.11. The van der Waals surface area contributed by atoms with Crippen LogP contribution in [0, 0.1) is 6.92 Å². The first-order valence-corrected chi connectivity index (χ1v) is 7.49. The van der Waals surface area contributed by atoms with Gasteiger partial charge >= 0.3 is 0 Å². The maximum absolute atomic E-state index is 11.3. The Kier molecular flexibility index (Phi) is 6.75. The smallest absolute Gasteiger partial charge is 0.244 e.